The van der Waals surface area contributed by atoms with Gasteiger partial charge in [-0.05, 0) is 31.2 Å². The van der Waals surface area contributed by atoms with Gasteiger partial charge < -0.3 is 10.1 Å². The van der Waals surface area contributed by atoms with Crippen molar-refractivity contribution in [2.24, 2.45) is 5.14 Å². The Balaban J connectivity index is 2.53. The summed E-state index contributed by atoms with van der Waals surface area (Å²) < 4.78 is 26.6. The Kier molecular flexibility index (Phi) is 5.29. The van der Waals surface area contributed by atoms with Crippen LogP contribution in [0.15, 0.2) is 29.2 Å². The van der Waals surface area contributed by atoms with Crippen LogP contribution in [-0.4, -0.2) is 27.1 Å². The van der Waals surface area contributed by atoms with E-state index >= 15 is 0 Å². The molecule has 0 bridgehead atoms. The summed E-state index contributed by atoms with van der Waals surface area (Å²) >= 11 is 0. The SMILES string of the molecule is CCOC(=O)NNC(=O)Nc1ccc(S(N)(=O)=O)cc1. The lowest BCUT2D eigenvalue weighted by Crippen LogP contribution is -2.44. The zero-order valence-electron chi connectivity index (χ0n) is 10.5. The molecule has 0 aliphatic rings. The molecule has 3 amide bonds. The molecule has 0 aromatic heterocycles. The Morgan fingerprint density at radius 1 is 1.20 bits per heavy atom. The quantitative estimate of drug-likeness (QED) is 0.587. The number of rotatable bonds is 3. The van der Waals surface area contributed by atoms with Crippen LogP contribution in [0.4, 0.5) is 15.3 Å². The van der Waals surface area contributed by atoms with E-state index in [4.69, 9.17) is 5.14 Å². The Labute approximate surface area is 115 Å². The minimum atomic E-state index is -3.78. The van der Waals surface area contributed by atoms with Gasteiger partial charge in [0.25, 0.3) is 0 Å². The number of hydrazine groups is 1. The maximum absolute atomic E-state index is 11.4. The number of carbonyl (C=O) groups excluding carboxylic acids is 2. The minimum absolute atomic E-state index is 0.0758. The number of ether oxygens (including phenoxy) is 1. The van der Waals surface area contributed by atoms with Crippen molar-refractivity contribution in [2.45, 2.75) is 11.8 Å². The number of carbonyl (C=O) groups is 2. The number of anilines is 1. The zero-order chi connectivity index (χ0) is 15.2. The van der Waals surface area contributed by atoms with Crippen molar-refractivity contribution in [2.75, 3.05) is 11.9 Å². The van der Waals surface area contributed by atoms with Gasteiger partial charge in [0, 0.05) is 5.69 Å². The van der Waals surface area contributed by atoms with E-state index < -0.39 is 22.1 Å². The van der Waals surface area contributed by atoms with Crippen LogP contribution in [-0.2, 0) is 14.8 Å². The molecule has 0 saturated carbocycles. The maximum atomic E-state index is 11.4. The third-order valence-corrected chi connectivity index (χ3v) is 2.92. The minimum Gasteiger partial charge on any atom is -0.449 e. The number of nitrogens with two attached hydrogens (primary N) is 1. The van der Waals surface area contributed by atoms with Crippen molar-refractivity contribution >= 4 is 27.8 Å². The van der Waals surface area contributed by atoms with Crippen LogP contribution in [0.25, 0.3) is 0 Å². The summed E-state index contributed by atoms with van der Waals surface area (Å²) in [5.74, 6) is 0. The van der Waals surface area contributed by atoms with E-state index in [2.05, 4.69) is 10.1 Å². The first-order valence-electron chi connectivity index (χ1n) is 5.45. The summed E-state index contributed by atoms with van der Waals surface area (Å²) in [6.07, 6.45) is -0.799. The predicted molar refractivity (Wildman–Crippen MR) is 70.1 cm³/mol. The molecule has 10 heteroatoms. The molecule has 110 valence electrons. The number of amides is 3. The number of primary sulfonamides is 1. The number of nitrogens with one attached hydrogen (secondary N) is 3. The summed E-state index contributed by atoms with van der Waals surface area (Å²) in [6.45, 7) is 1.79. The van der Waals surface area contributed by atoms with Gasteiger partial charge >= 0.3 is 12.1 Å². The maximum Gasteiger partial charge on any atom is 0.426 e. The molecule has 0 fully saturated rings. The highest BCUT2D eigenvalue weighted by molar-refractivity contribution is 7.89. The Morgan fingerprint density at radius 3 is 2.30 bits per heavy atom. The number of sulfonamides is 1. The summed E-state index contributed by atoms with van der Waals surface area (Å²) in [6, 6.07) is 4.46. The fourth-order valence-corrected chi connectivity index (χ4v) is 1.68. The van der Waals surface area contributed by atoms with Gasteiger partial charge in [-0.15, -0.1) is 0 Å². The fourth-order valence-electron chi connectivity index (χ4n) is 1.17. The van der Waals surface area contributed by atoms with E-state index in [1.165, 1.54) is 24.3 Å². The third kappa shape index (κ3) is 5.12. The van der Waals surface area contributed by atoms with Crippen LogP contribution >= 0.6 is 0 Å². The van der Waals surface area contributed by atoms with Gasteiger partial charge in [-0.25, -0.2) is 34.0 Å². The number of hydrogen-bond donors (Lipinski definition) is 4. The molecule has 9 nitrogen and oxygen atoms in total. The van der Waals surface area contributed by atoms with Crippen molar-refractivity contribution < 1.29 is 22.7 Å². The standard InChI is InChI=1S/C10H14N4O5S/c1-2-19-10(16)14-13-9(15)12-7-3-5-8(6-4-7)20(11,17)18/h3-6H,2H2,1H3,(H,14,16)(H2,11,17,18)(H2,12,13,15). The van der Waals surface area contributed by atoms with Crippen molar-refractivity contribution in [1.29, 1.82) is 0 Å². The second kappa shape index (κ2) is 6.73. The summed E-state index contributed by atoms with van der Waals surface area (Å²) in [5.41, 5.74) is 4.36. The van der Waals surface area contributed by atoms with Crippen LogP contribution in [0.2, 0.25) is 0 Å². The smallest absolute Gasteiger partial charge is 0.426 e. The zero-order valence-corrected chi connectivity index (χ0v) is 11.4. The van der Waals surface area contributed by atoms with Gasteiger partial charge in [0.1, 0.15) is 0 Å². The van der Waals surface area contributed by atoms with Gasteiger partial charge in [-0.3, -0.25) is 0 Å². The van der Waals surface area contributed by atoms with Crippen LogP contribution in [0, 0.1) is 0 Å². The van der Waals surface area contributed by atoms with Crippen molar-refractivity contribution in [1.82, 2.24) is 10.9 Å². The average molecular weight is 302 g/mol. The lowest BCUT2D eigenvalue weighted by atomic mass is 10.3. The van der Waals surface area contributed by atoms with E-state index in [0.29, 0.717) is 5.69 Å². The molecule has 0 spiro atoms. The summed E-state index contributed by atoms with van der Waals surface area (Å²) in [4.78, 5) is 22.2. The molecule has 5 N–H and O–H groups in total. The van der Waals surface area contributed by atoms with Crippen LogP contribution in [0.5, 0.6) is 0 Å². The van der Waals surface area contributed by atoms with E-state index in [1.54, 1.807) is 6.92 Å². The van der Waals surface area contributed by atoms with E-state index in [0.717, 1.165) is 0 Å². The highest BCUT2D eigenvalue weighted by Crippen LogP contribution is 2.12. The molecule has 0 aliphatic heterocycles. The summed E-state index contributed by atoms with van der Waals surface area (Å²) in [7, 11) is -3.78. The topological polar surface area (TPSA) is 140 Å². The highest BCUT2D eigenvalue weighted by Gasteiger charge is 2.08. The normalized spacial score (nSPS) is 10.5. The van der Waals surface area contributed by atoms with Crippen molar-refractivity contribution in [3.05, 3.63) is 24.3 Å². The second-order valence-corrected chi connectivity index (χ2v) is 5.06. The van der Waals surface area contributed by atoms with Gasteiger partial charge in [-0.2, -0.15) is 0 Å². The first kappa shape index (κ1) is 15.7. The molecule has 20 heavy (non-hydrogen) atoms. The lowest BCUT2D eigenvalue weighted by molar-refractivity contribution is 0.148. The van der Waals surface area contributed by atoms with Gasteiger partial charge in [0.05, 0.1) is 11.5 Å². The first-order chi connectivity index (χ1) is 9.32. The van der Waals surface area contributed by atoms with Gasteiger partial charge in [0.2, 0.25) is 10.0 Å². The number of hydrogen-bond acceptors (Lipinski definition) is 5. The Hall–Kier alpha value is -2.33. The fraction of sp³-hybridized carbons (Fsp3) is 0.200. The van der Waals surface area contributed by atoms with Crippen LogP contribution in [0.3, 0.4) is 0 Å². The van der Waals surface area contributed by atoms with Crippen molar-refractivity contribution in [3.63, 3.8) is 0 Å². The molecule has 0 saturated heterocycles. The Bertz CT molecular complexity index is 584. The van der Waals surface area contributed by atoms with E-state index in [-0.39, 0.29) is 11.5 Å². The second-order valence-electron chi connectivity index (χ2n) is 3.49. The number of benzene rings is 1. The average Bonchev–Trinajstić information content (AvgIpc) is 2.36. The molecule has 0 radical (unpaired) electrons. The van der Waals surface area contributed by atoms with Crippen molar-refractivity contribution in [3.8, 4) is 0 Å². The van der Waals surface area contributed by atoms with Gasteiger partial charge in [0.15, 0.2) is 0 Å². The Morgan fingerprint density at radius 2 is 1.80 bits per heavy atom. The molecule has 1 rings (SSSR count). The number of urea groups is 1. The highest BCUT2D eigenvalue weighted by atomic mass is 32.2. The predicted octanol–water partition coefficient (Wildman–Crippen LogP) is 0.117. The van der Waals surface area contributed by atoms with Gasteiger partial charge in [-0.1, -0.05) is 0 Å². The molecule has 1 aromatic carbocycles. The van der Waals surface area contributed by atoms with Crippen LogP contribution in [0.1, 0.15) is 6.92 Å². The van der Waals surface area contributed by atoms with Crippen LogP contribution < -0.4 is 21.3 Å². The first-order valence-corrected chi connectivity index (χ1v) is 7.00. The molecule has 0 unspecified atom stereocenters. The molecule has 0 aliphatic carbocycles. The summed E-state index contributed by atoms with van der Waals surface area (Å²) in [5, 5.41) is 7.29. The largest absolute Gasteiger partial charge is 0.449 e. The molecule has 0 heterocycles. The molecular weight excluding hydrogens is 288 g/mol. The third-order valence-electron chi connectivity index (χ3n) is 1.99. The molecule has 0 atom stereocenters. The monoisotopic (exact) mass is 302 g/mol. The molecule has 1 aromatic rings. The molecular formula is C10H14N4O5S. The lowest BCUT2D eigenvalue weighted by Gasteiger charge is -2.09. The van der Waals surface area contributed by atoms with E-state index in [9.17, 15) is 18.0 Å². The van der Waals surface area contributed by atoms with E-state index in [1.807, 2.05) is 10.9 Å².